The van der Waals surface area contributed by atoms with Gasteiger partial charge in [-0.3, -0.25) is 4.99 Å². The van der Waals surface area contributed by atoms with E-state index in [-0.39, 0.29) is 5.82 Å². The van der Waals surface area contributed by atoms with Crippen LogP contribution in [0.2, 0.25) is 0 Å². The predicted molar refractivity (Wildman–Crippen MR) is 102 cm³/mol. The Labute approximate surface area is 150 Å². The van der Waals surface area contributed by atoms with Crippen molar-refractivity contribution in [1.82, 2.24) is 9.80 Å². The van der Waals surface area contributed by atoms with Crippen LogP contribution >= 0.6 is 0 Å². The van der Waals surface area contributed by atoms with E-state index in [2.05, 4.69) is 26.7 Å². The molecule has 25 heavy (non-hydrogen) atoms. The molecule has 0 atom stereocenters. The average molecular weight is 347 g/mol. The summed E-state index contributed by atoms with van der Waals surface area (Å²) < 4.78 is 13.0. The maximum Gasteiger partial charge on any atom is 0.191 e. The summed E-state index contributed by atoms with van der Waals surface area (Å²) >= 11 is 0. The van der Waals surface area contributed by atoms with E-state index in [0.717, 1.165) is 51.0 Å². The van der Waals surface area contributed by atoms with E-state index >= 15 is 0 Å². The van der Waals surface area contributed by atoms with Gasteiger partial charge in [0, 0.05) is 44.5 Å². The molecule has 0 spiro atoms. The van der Waals surface area contributed by atoms with E-state index in [1.807, 2.05) is 12.1 Å². The molecule has 1 aromatic carbocycles. The third-order valence-corrected chi connectivity index (χ3v) is 5.47. The SMILES string of the molecule is CN(CCN=C(N)N1CCN(c2ccc(F)cc2)CC1)C1CCCC1. The highest BCUT2D eigenvalue weighted by molar-refractivity contribution is 5.78. The van der Waals surface area contributed by atoms with Gasteiger partial charge in [-0.2, -0.15) is 0 Å². The first-order valence-corrected chi connectivity index (χ1v) is 9.39. The quantitative estimate of drug-likeness (QED) is 0.655. The van der Waals surface area contributed by atoms with Crippen molar-refractivity contribution < 1.29 is 4.39 Å². The van der Waals surface area contributed by atoms with Crippen LogP contribution in [0.25, 0.3) is 0 Å². The summed E-state index contributed by atoms with van der Waals surface area (Å²) in [6.45, 7) is 5.20. The van der Waals surface area contributed by atoms with Crippen LogP contribution in [-0.2, 0) is 0 Å². The van der Waals surface area contributed by atoms with Crippen LogP contribution in [0.15, 0.2) is 29.3 Å². The summed E-state index contributed by atoms with van der Waals surface area (Å²) in [6, 6.07) is 7.43. The molecule has 2 N–H and O–H groups in total. The molecule has 0 bridgehead atoms. The van der Waals surface area contributed by atoms with Gasteiger partial charge in [-0.1, -0.05) is 12.8 Å². The van der Waals surface area contributed by atoms with Crippen molar-refractivity contribution in [2.24, 2.45) is 10.7 Å². The Morgan fingerprint density at radius 3 is 2.44 bits per heavy atom. The Morgan fingerprint density at radius 2 is 1.80 bits per heavy atom. The third-order valence-electron chi connectivity index (χ3n) is 5.47. The van der Waals surface area contributed by atoms with Crippen molar-refractivity contribution in [3.05, 3.63) is 30.1 Å². The van der Waals surface area contributed by atoms with Crippen molar-refractivity contribution in [2.75, 3.05) is 51.2 Å². The second-order valence-electron chi connectivity index (χ2n) is 7.11. The van der Waals surface area contributed by atoms with Gasteiger partial charge in [0.1, 0.15) is 5.82 Å². The summed E-state index contributed by atoms with van der Waals surface area (Å²) in [4.78, 5) is 11.4. The highest BCUT2D eigenvalue weighted by Crippen LogP contribution is 2.22. The lowest BCUT2D eigenvalue weighted by Gasteiger charge is -2.36. The molecule has 1 heterocycles. The fourth-order valence-corrected chi connectivity index (χ4v) is 3.80. The van der Waals surface area contributed by atoms with Crippen LogP contribution in [0.1, 0.15) is 25.7 Å². The van der Waals surface area contributed by atoms with E-state index in [4.69, 9.17) is 5.73 Å². The summed E-state index contributed by atoms with van der Waals surface area (Å²) in [5.74, 6) is 0.458. The molecule has 2 fully saturated rings. The van der Waals surface area contributed by atoms with Gasteiger partial charge in [0.05, 0.1) is 6.54 Å². The number of hydrogen-bond acceptors (Lipinski definition) is 3. The van der Waals surface area contributed by atoms with E-state index in [0.29, 0.717) is 5.96 Å². The van der Waals surface area contributed by atoms with E-state index in [9.17, 15) is 4.39 Å². The van der Waals surface area contributed by atoms with Gasteiger partial charge in [-0.05, 0) is 44.2 Å². The molecular weight excluding hydrogens is 317 g/mol. The van der Waals surface area contributed by atoms with Gasteiger partial charge in [-0.25, -0.2) is 4.39 Å². The van der Waals surface area contributed by atoms with Crippen molar-refractivity contribution in [1.29, 1.82) is 0 Å². The van der Waals surface area contributed by atoms with Gasteiger partial charge in [0.2, 0.25) is 0 Å². The second kappa shape index (κ2) is 8.52. The zero-order chi connectivity index (χ0) is 17.6. The largest absolute Gasteiger partial charge is 0.370 e. The zero-order valence-corrected chi connectivity index (χ0v) is 15.2. The number of hydrogen-bond donors (Lipinski definition) is 1. The highest BCUT2D eigenvalue weighted by Gasteiger charge is 2.20. The molecule has 0 amide bonds. The second-order valence-corrected chi connectivity index (χ2v) is 7.11. The Bertz CT molecular complexity index is 560. The van der Waals surface area contributed by atoms with Gasteiger partial charge >= 0.3 is 0 Å². The minimum Gasteiger partial charge on any atom is -0.370 e. The molecule has 1 saturated carbocycles. The lowest BCUT2D eigenvalue weighted by atomic mass is 10.2. The molecule has 5 nitrogen and oxygen atoms in total. The van der Waals surface area contributed by atoms with Gasteiger partial charge < -0.3 is 20.4 Å². The minimum atomic E-state index is -0.193. The fourth-order valence-electron chi connectivity index (χ4n) is 3.80. The maximum atomic E-state index is 13.0. The Hall–Kier alpha value is -1.82. The molecule has 1 aliphatic carbocycles. The topological polar surface area (TPSA) is 48.1 Å². The smallest absolute Gasteiger partial charge is 0.191 e. The van der Waals surface area contributed by atoms with Crippen LogP contribution in [0.5, 0.6) is 0 Å². The van der Waals surface area contributed by atoms with Crippen molar-refractivity contribution in [3.8, 4) is 0 Å². The monoisotopic (exact) mass is 347 g/mol. The molecule has 3 rings (SSSR count). The molecule has 0 aromatic heterocycles. The van der Waals surface area contributed by atoms with Crippen molar-refractivity contribution in [2.45, 2.75) is 31.7 Å². The van der Waals surface area contributed by atoms with Crippen LogP contribution in [0.4, 0.5) is 10.1 Å². The average Bonchev–Trinajstić information content (AvgIpc) is 3.17. The normalized spacial score (nSPS) is 19.9. The Morgan fingerprint density at radius 1 is 1.16 bits per heavy atom. The van der Waals surface area contributed by atoms with Crippen LogP contribution in [-0.4, -0.2) is 68.1 Å². The molecule has 1 aliphatic heterocycles. The van der Waals surface area contributed by atoms with Crippen LogP contribution in [0.3, 0.4) is 0 Å². The number of anilines is 1. The molecule has 2 aliphatic rings. The summed E-state index contributed by atoms with van der Waals surface area (Å²) in [6.07, 6.45) is 5.36. The molecule has 1 saturated heterocycles. The molecule has 138 valence electrons. The number of aliphatic imine (C=N–C) groups is 1. The Kier molecular flexibility index (Phi) is 6.13. The van der Waals surface area contributed by atoms with E-state index < -0.39 is 0 Å². The number of nitrogens with zero attached hydrogens (tertiary/aromatic N) is 4. The number of rotatable bonds is 5. The number of guanidine groups is 1. The molecule has 6 heteroatoms. The molecular formula is C19H30FN5. The zero-order valence-electron chi connectivity index (χ0n) is 15.2. The fraction of sp³-hybridized carbons (Fsp3) is 0.632. The third kappa shape index (κ3) is 4.84. The van der Waals surface area contributed by atoms with E-state index in [1.165, 1.54) is 37.8 Å². The first-order chi connectivity index (χ1) is 12.1. The molecule has 0 unspecified atom stereocenters. The molecule has 1 aromatic rings. The number of piperazine rings is 1. The molecule has 0 radical (unpaired) electrons. The summed E-state index contributed by atoms with van der Waals surface area (Å²) in [5.41, 5.74) is 7.25. The first-order valence-electron chi connectivity index (χ1n) is 9.39. The highest BCUT2D eigenvalue weighted by atomic mass is 19.1. The first kappa shape index (κ1) is 18.0. The van der Waals surface area contributed by atoms with Crippen molar-refractivity contribution in [3.63, 3.8) is 0 Å². The van der Waals surface area contributed by atoms with Crippen molar-refractivity contribution >= 4 is 11.6 Å². The van der Waals surface area contributed by atoms with Crippen LogP contribution < -0.4 is 10.6 Å². The number of nitrogens with two attached hydrogens (primary N) is 1. The minimum absolute atomic E-state index is 0.193. The number of benzene rings is 1. The van der Waals surface area contributed by atoms with Gasteiger partial charge in [-0.15, -0.1) is 0 Å². The van der Waals surface area contributed by atoms with E-state index in [1.54, 1.807) is 0 Å². The lowest BCUT2D eigenvalue weighted by molar-refractivity contribution is 0.252. The predicted octanol–water partition coefficient (Wildman–Crippen LogP) is 2.14. The lowest BCUT2D eigenvalue weighted by Crippen LogP contribution is -2.51. The summed E-state index contributed by atoms with van der Waals surface area (Å²) in [7, 11) is 2.20. The number of halogens is 1. The standard InChI is InChI=1S/C19H30FN5/c1-23(17-4-2-3-5-17)11-10-22-19(21)25-14-12-24(13-15-25)18-8-6-16(20)7-9-18/h6-9,17H,2-5,10-15H2,1H3,(H2,21,22). The van der Waals surface area contributed by atoms with Gasteiger partial charge in [0.15, 0.2) is 5.96 Å². The maximum absolute atomic E-state index is 13.0. The summed E-state index contributed by atoms with van der Waals surface area (Å²) in [5, 5.41) is 0. The number of likely N-dealkylation sites (N-methyl/N-ethyl adjacent to an activating group) is 1. The Balaban J connectivity index is 1.42. The van der Waals surface area contributed by atoms with Gasteiger partial charge in [0.25, 0.3) is 0 Å². The van der Waals surface area contributed by atoms with Crippen LogP contribution in [0, 0.1) is 5.82 Å².